The number of aromatic nitrogens is 1. The Kier molecular flexibility index (Phi) is 8.03. The van der Waals surface area contributed by atoms with Gasteiger partial charge in [0.15, 0.2) is 19.8 Å². The second-order valence-electron chi connectivity index (χ2n) is 11.4. The van der Waals surface area contributed by atoms with Gasteiger partial charge in [-0.3, -0.25) is 28.8 Å². The van der Waals surface area contributed by atoms with Crippen molar-refractivity contribution >= 4 is 26.0 Å². The number of pyridine rings is 1. The Morgan fingerprint density at radius 1 is 0.949 bits per heavy atom. The van der Waals surface area contributed by atoms with E-state index in [9.17, 15) is 19.2 Å². The van der Waals surface area contributed by atoms with E-state index >= 15 is 0 Å². The molecule has 3 heterocycles. The van der Waals surface area contributed by atoms with E-state index in [0.29, 0.717) is 17.7 Å². The molecule has 0 aliphatic carbocycles. The van der Waals surface area contributed by atoms with Crippen molar-refractivity contribution in [3.63, 3.8) is 0 Å². The number of carbonyl (C=O) groups excluding carboxylic acids is 3. The van der Waals surface area contributed by atoms with Crippen molar-refractivity contribution in [3.05, 3.63) is 63.6 Å². The number of amides is 3. The monoisotopic (exact) mass is 554 g/mol. The number of benzene rings is 1. The summed E-state index contributed by atoms with van der Waals surface area (Å²) in [6.45, 7) is 13.4. The van der Waals surface area contributed by atoms with Crippen molar-refractivity contribution in [2.45, 2.75) is 64.8 Å². The van der Waals surface area contributed by atoms with Crippen LogP contribution < -0.4 is 15.6 Å². The fraction of sp³-hybridized carbons (Fsp3) is 0.500. The Morgan fingerprint density at radius 2 is 1.59 bits per heavy atom. The highest BCUT2D eigenvalue weighted by Gasteiger charge is 2.42. The lowest BCUT2D eigenvalue weighted by Gasteiger charge is -2.41. The molecule has 0 spiro atoms. The van der Waals surface area contributed by atoms with Crippen molar-refractivity contribution < 1.29 is 23.5 Å². The third-order valence-corrected chi connectivity index (χ3v) is 12.3. The third-order valence-electron chi connectivity index (χ3n) is 7.76. The molecule has 11 heteroatoms. The van der Waals surface area contributed by atoms with Gasteiger partial charge in [-0.2, -0.15) is 0 Å². The van der Waals surface area contributed by atoms with Gasteiger partial charge in [0.05, 0.1) is 30.9 Å². The molecule has 0 saturated heterocycles. The van der Waals surface area contributed by atoms with Gasteiger partial charge < -0.3 is 19.5 Å². The Morgan fingerprint density at radius 3 is 2.18 bits per heavy atom. The summed E-state index contributed by atoms with van der Waals surface area (Å²) in [7, 11) is -2.10. The molecular formula is C28H38N4O6Si. The summed E-state index contributed by atoms with van der Waals surface area (Å²) in [6, 6.07) is 8.01. The molecule has 2 aromatic rings. The highest BCUT2D eigenvalue weighted by Crippen LogP contribution is 2.36. The maximum atomic E-state index is 14.0. The van der Waals surface area contributed by atoms with Crippen molar-refractivity contribution in [1.82, 2.24) is 14.5 Å². The average Bonchev–Trinajstić information content (AvgIpc) is 3.11. The summed E-state index contributed by atoms with van der Waals surface area (Å²) in [5.41, 5.74) is 3.60. The molecule has 0 bridgehead atoms. The predicted octanol–water partition coefficient (Wildman–Crippen LogP) is 3.67. The third kappa shape index (κ3) is 5.51. The van der Waals surface area contributed by atoms with E-state index in [1.165, 1.54) is 21.8 Å². The van der Waals surface area contributed by atoms with Crippen LogP contribution in [-0.2, 0) is 4.43 Å². The summed E-state index contributed by atoms with van der Waals surface area (Å²) in [4.78, 5) is 55.6. The largest absolute Gasteiger partial charge is 0.487 e. The Bertz CT molecular complexity index is 1300. The molecule has 210 valence electrons. The minimum absolute atomic E-state index is 0.0158. The van der Waals surface area contributed by atoms with Gasteiger partial charge in [-0.1, -0.05) is 46.2 Å². The molecule has 3 amide bonds. The molecule has 0 radical (unpaired) electrons. The van der Waals surface area contributed by atoms with Gasteiger partial charge in [0.2, 0.25) is 5.43 Å². The number of hydrogen-bond acceptors (Lipinski definition) is 7. The van der Waals surface area contributed by atoms with Crippen molar-refractivity contribution in [1.29, 1.82) is 0 Å². The topological polar surface area (TPSA) is 110 Å². The number of unbranched alkanes of at least 4 members (excludes halogenated alkanes) is 1. The summed E-state index contributed by atoms with van der Waals surface area (Å²) < 4.78 is 13.6. The minimum Gasteiger partial charge on any atom is -0.487 e. The van der Waals surface area contributed by atoms with Crippen LogP contribution in [0.3, 0.4) is 0 Å². The zero-order valence-corrected chi connectivity index (χ0v) is 24.6. The lowest BCUT2D eigenvalue weighted by Crippen LogP contribution is -2.59. The Labute approximate surface area is 230 Å². The molecule has 1 N–H and O–H groups in total. The van der Waals surface area contributed by atoms with Crippen LogP contribution in [-0.4, -0.2) is 73.0 Å². The van der Waals surface area contributed by atoms with Crippen LogP contribution in [0, 0.1) is 0 Å². The Balaban J connectivity index is 1.65. The maximum absolute atomic E-state index is 14.0. The first-order chi connectivity index (χ1) is 18.4. The molecule has 1 aromatic heterocycles. The van der Waals surface area contributed by atoms with E-state index < -0.39 is 32.2 Å². The fourth-order valence-electron chi connectivity index (χ4n) is 4.38. The second-order valence-corrected chi connectivity index (χ2v) is 16.3. The van der Waals surface area contributed by atoms with Crippen LogP contribution in [0.1, 0.15) is 71.7 Å². The molecule has 4 rings (SSSR count). The zero-order chi connectivity index (χ0) is 28.5. The summed E-state index contributed by atoms with van der Waals surface area (Å²) in [5, 5.41) is -0.0169. The number of fused-ring (bicyclic) bond motifs is 2. The highest BCUT2D eigenvalue weighted by atomic mass is 28.4. The van der Waals surface area contributed by atoms with Gasteiger partial charge in [0.1, 0.15) is 6.17 Å². The first-order valence-corrected chi connectivity index (χ1v) is 16.3. The van der Waals surface area contributed by atoms with E-state index in [1.807, 2.05) is 6.92 Å². The van der Waals surface area contributed by atoms with Crippen molar-refractivity contribution in [2.75, 3.05) is 31.7 Å². The van der Waals surface area contributed by atoms with E-state index in [2.05, 4.69) is 39.3 Å². The van der Waals surface area contributed by atoms with Gasteiger partial charge in [-0.25, -0.2) is 0 Å². The number of hydrogen-bond donors (Lipinski definition) is 1. The molecular weight excluding hydrogens is 516 g/mol. The number of nitrogens with one attached hydrogen (secondary N) is 1. The average molecular weight is 555 g/mol. The number of nitrogens with zero attached hydrogens (tertiary/aromatic N) is 3. The lowest BCUT2D eigenvalue weighted by atomic mass is 10.1. The number of ether oxygens (including phenoxy) is 1. The zero-order valence-electron chi connectivity index (χ0n) is 23.6. The molecule has 1 unspecified atom stereocenters. The predicted molar refractivity (Wildman–Crippen MR) is 150 cm³/mol. The van der Waals surface area contributed by atoms with Gasteiger partial charge in [-0.05, 0) is 36.7 Å². The van der Waals surface area contributed by atoms with Crippen LogP contribution in [0.4, 0.5) is 0 Å². The minimum atomic E-state index is -2.10. The molecule has 0 saturated carbocycles. The molecule has 0 fully saturated rings. The van der Waals surface area contributed by atoms with E-state index in [0.717, 1.165) is 17.7 Å². The molecule has 39 heavy (non-hydrogen) atoms. The van der Waals surface area contributed by atoms with E-state index in [-0.39, 0.29) is 41.6 Å². The van der Waals surface area contributed by atoms with E-state index in [4.69, 9.17) is 9.16 Å². The smallest absolute Gasteiger partial charge is 0.278 e. The van der Waals surface area contributed by atoms with E-state index in [1.54, 1.807) is 24.3 Å². The standard InChI is InChI=1S/C28H38N4O6Si/c1-7-8-16-37-24-21(33)13-14-32-23(24)27(36)30(15-17-38-39(5,6)28(2,3)4)22(29-32)18-31-25(34)19-11-9-10-12-20(19)26(31)35/h9-14,22,29H,7-8,15-18H2,1-6H3. The van der Waals surface area contributed by atoms with Crippen LogP contribution >= 0.6 is 0 Å². The summed E-state index contributed by atoms with van der Waals surface area (Å²) in [5.74, 6) is -1.26. The maximum Gasteiger partial charge on any atom is 0.278 e. The SMILES string of the molecule is CCCCOc1c2n(ccc1=O)NC(CN1C(=O)c3ccccc3C1=O)N(CCO[Si](C)(C)C(C)(C)C)C2=O. The van der Waals surface area contributed by atoms with Crippen molar-refractivity contribution in [3.8, 4) is 5.75 Å². The molecule has 2 aliphatic heterocycles. The quantitative estimate of drug-likeness (QED) is 0.271. The summed E-state index contributed by atoms with van der Waals surface area (Å²) in [6.07, 6.45) is 2.34. The van der Waals surface area contributed by atoms with Gasteiger partial charge in [-0.15, -0.1) is 0 Å². The van der Waals surface area contributed by atoms with Gasteiger partial charge in [0.25, 0.3) is 17.7 Å². The van der Waals surface area contributed by atoms with Crippen molar-refractivity contribution in [2.24, 2.45) is 0 Å². The first kappa shape index (κ1) is 28.6. The highest BCUT2D eigenvalue weighted by molar-refractivity contribution is 6.74. The molecule has 10 nitrogen and oxygen atoms in total. The molecule has 1 atom stereocenters. The van der Waals surface area contributed by atoms with Crippen LogP contribution in [0.25, 0.3) is 0 Å². The normalized spacial score (nSPS) is 17.3. The van der Waals surface area contributed by atoms with Crippen LogP contribution in [0.15, 0.2) is 41.3 Å². The van der Waals surface area contributed by atoms with Gasteiger partial charge in [0, 0.05) is 18.8 Å². The fourth-order valence-corrected chi connectivity index (χ4v) is 5.42. The Hall–Kier alpha value is -3.44. The number of imide groups is 1. The molecule has 1 aromatic carbocycles. The number of rotatable bonds is 10. The number of carbonyl (C=O) groups is 3. The van der Waals surface area contributed by atoms with Crippen LogP contribution in [0.2, 0.25) is 18.1 Å². The van der Waals surface area contributed by atoms with Crippen LogP contribution in [0.5, 0.6) is 5.75 Å². The molecule has 2 aliphatic rings. The lowest BCUT2D eigenvalue weighted by molar-refractivity contribution is 0.0467. The first-order valence-electron chi connectivity index (χ1n) is 13.4. The van der Waals surface area contributed by atoms with Gasteiger partial charge >= 0.3 is 0 Å². The second kappa shape index (κ2) is 11.0. The summed E-state index contributed by atoms with van der Waals surface area (Å²) >= 11 is 0.